The number of likely N-dealkylation sites (tertiary alicyclic amines) is 1. The Morgan fingerprint density at radius 2 is 2.00 bits per heavy atom. The molecule has 0 aliphatic carbocycles. The minimum absolute atomic E-state index is 0.0133. The smallest absolute Gasteiger partial charge is 0.317 e. The number of carbonyl (C=O) groups is 1. The monoisotopic (exact) mass is 395 g/mol. The van der Waals surface area contributed by atoms with Gasteiger partial charge in [-0.3, -0.25) is 15.1 Å². The van der Waals surface area contributed by atoms with E-state index < -0.39 is 11.0 Å². The van der Waals surface area contributed by atoms with E-state index in [-0.39, 0.29) is 29.6 Å². The van der Waals surface area contributed by atoms with Crippen LogP contribution in [0.25, 0.3) is 0 Å². The number of hydrogen-bond donors (Lipinski definition) is 1. The lowest BCUT2D eigenvalue weighted by Crippen LogP contribution is -2.45. The summed E-state index contributed by atoms with van der Waals surface area (Å²) in [4.78, 5) is 28.9. The van der Waals surface area contributed by atoms with Gasteiger partial charge in [0.1, 0.15) is 18.4 Å². The van der Waals surface area contributed by atoms with E-state index in [4.69, 9.17) is 4.74 Å². The summed E-state index contributed by atoms with van der Waals surface area (Å²) in [5, 5.41) is 23.4. The normalized spacial score (nSPS) is 14.5. The summed E-state index contributed by atoms with van der Waals surface area (Å²) < 4.78 is 5.74. The Hall–Kier alpha value is -3.67. The third-order valence-corrected chi connectivity index (χ3v) is 4.77. The van der Waals surface area contributed by atoms with Crippen LogP contribution in [-0.2, 0) is 0 Å². The highest BCUT2D eigenvalue weighted by molar-refractivity contribution is 5.74. The van der Waals surface area contributed by atoms with E-state index in [1.807, 2.05) is 6.07 Å². The molecule has 0 unspecified atom stereocenters. The van der Waals surface area contributed by atoms with Gasteiger partial charge in [0.15, 0.2) is 5.56 Å². The van der Waals surface area contributed by atoms with Crippen molar-refractivity contribution in [2.45, 2.75) is 25.3 Å². The molecule has 1 fully saturated rings. The van der Waals surface area contributed by atoms with Gasteiger partial charge in [-0.2, -0.15) is 5.26 Å². The number of ether oxygens (including phenoxy) is 1. The van der Waals surface area contributed by atoms with Crippen LogP contribution in [0.15, 0.2) is 42.7 Å². The number of nitrogens with zero attached hydrogens (tertiary/aromatic N) is 4. The van der Waals surface area contributed by atoms with Crippen LogP contribution in [0.4, 0.5) is 10.5 Å². The number of nitrogens with one attached hydrogen (secondary N) is 1. The number of nitro groups is 1. The number of benzene rings is 1. The van der Waals surface area contributed by atoms with E-state index >= 15 is 0 Å². The number of nitriles is 1. The first kappa shape index (κ1) is 20.1. The van der Waals surface area contributed by atoms with Crippen LogP contribution in [0.1, 0.15) is 36.4 Å². The summed E-state index contributed by atoms with van der Waals surface area (Å²) in [5.41, 5.74) is 0.324. The molecule has 0 spiro atoms. The largest absolute Gasteiger partial charge is 0.489 e. The van der Waals surface area contributed by atoms with Gasteiger partial charge in [-0.05, 0) is 43.0 Å². The van der Waals surface area contributed by atoms with Crippen LogP contribution >= 0.6 is 0 Å². The Balaban J connectivity index is 1.78. The number of urea groups is 1. The molecule has 150 valence electrons. The van der Waals surface area contributed by atoms with Gasteiger partial charge in [0.05, 0.1) is 11.0 Å². The maximum atomic E-state index is 12.7. The molecule has 2 amide bonds. The van der Waals surface area contributed by atoms with E-state index in [9.17, 15) is 20.2 Å². The van der Waals surface area contributed by atoms with Crippen LogP contribution < -0.4 is 10.1 Å². The zero-order valence-electron chi connectivity index (χ0n) is 15.8. The van der Waals surface area contributed by atoms with Gasteiger partial charge in [0.2, 0.25) is 0 Å². The molecule has 1 aliphatic rings. The van der Waals surface area contributed by atoms with Crippen LogP contribution in [0.5, 0.6) is 5.75 Å². The summed E-state index contributed by atoms with van der Waals surface area (Å²) in [6.07, 6.45) is 6.30. The zero-order valence-corrected chi connectivity index (χ0v) is 15.8. The zero-order chi connectivity index (χ0) is 20.6. The number of pyridine rings is 1. The molecule has 1 N–H and O–H groups in total. The lowest BCUT2D eigenvalue weighted by molar-refractivity contribution is -0.385. The van der Waals surface area contributed by atoms with Crippen molar-refractivity contribution in [3.05, 3.63) is 64.0 Å². The SMILES string of the molecule is N#Cc1c(OC[C@H](NC(=O)N2CCCCC2)c2ccncc2)cccc1[N+](=O)[O-]. The maximum absolute atomic E-state index is 12.7. The molecular formula is C20H21N5O4. The first-order valence-electron chi connectivity index (χ1n) is 9.36. The Morgan fingerprint density at radius 3 is 2.66 bits per heavy atom. The molecular weight excluding hydrogens is 374 g/mol. The Labute approximate surface area is 168 Å². The van der Waals surface area contributed by atoms with E-state index in [2.05, 4.69) is 10.3 Å². The van der Waals surface area contributed by atoms with Crippen molar-refractivity contribution in [3.63, 3.8) is 0 Å². The predicted molar refractivity (Wildman–Crippen MR) is 104 cm³/mol. The van der Waals surface area contributed by atoms with Crippen molar-refractivity contribution in [1.82, 2.24) is 15.2 Å². The first-order chi connectivity index (χ1) is 14.1. The van der Waals surface area contributed by atoms with E-state index in [1.54, 1.807) is 29.4 Å². The van der Waals surface area contributed by atoms with E-state index in [1.165, 1.54) is 18.2 Å². The van der Waals surface area contributed by atoms with Crippen molar-refractivity contribution in [2.75, 3.05) is 19.7 Å². The molecule has 3 rings (SSSR count). The standard InChI is InChI=1S/C20H21N5O4/c21-13-16-18(25(27)28)5-4-6-19(16)29-14-17(15-7-9-22-10-8-15)23-20(26)24-11-2-1-3-12-24/h4-10,17H,1-3,11-12,14H2,(H,23,26)/t17-/m0/s1. The second-order valence-corrected chi connectivity index (χ2v) is 6.66. The molecule has 1 aliphatic heterocycles. The number of hydrogen-bond acceptors (Lipinski definition) is 6. The number of amides is 2. The molecule has 0 bridgehead atoms. The minimum Gasteiger partial charge on any atom is -0.489 e. The topological polar surface area (TPSA) is 121 Å². The molecule has 29 heavy (non-hydrogen) atoms. The number of nitro benzene ring substituents is 1. The minimum atomic E-state index is -0.621. The molecule has 1 saturated heterocycles. The summed E-state index contributed by atoms with van der Waals surface area (Å²) in [5.74, 6) is 0.105. The Kier molecular flexibility index (Phi) is 6.58. The van der Waals surface area contributed by atoms with Crippen molar-refractivity contribution in [2.24, 2.45) is 0 Å². The first-order valence-corrected chi connectivity index (χ1v) is 9.36. The molecule has 9 heteroatoms. The fourth-order valence-electron chi connectivity index (χ4n) is 3.23. The van der Waals surface area contributed by atoms with E-state index in [0.29, 0.717) is 13.1 Å². The molecule has 9 nitrogen and oxygen atoms in total. The van der Waals surface area contributed by atoms with Crippen molar-refractivity contribution < 1.29 is 14.5 Å². The summed E-state index contributed by atoms with van der Waals surface area (Å²) >= 11 is 0. The average Bonchev–Trinajstić information content (AvgIpc) is 2.77. The molecule has 2 aromatic rings. The second kappa shape index (κ2) is 9.50. The quantitative estimate of drug-likeness (QED) is 0.592. The predicted octanol–water partition coefficient (Wildman–Crippen LogP) is 3.18. The van der Waals surface area contributed by atoms with Gasteiger partial charge in [-0.15, -0.1) is 0 Å². The number of carbonyl (C=O) groups excluding carboxylic acids is 1. The molecule has 1 aromatic heterocycles. The molecule has 1 atom stereocenters. The lowest BCUT2D eigenvalue weighted by atomic mass is 10.1. The van der Waals surface area contributed by atoms with Crippen molar-refractivity contribution in [3.8, 4) is 11.8 Å². The number of aromatic nitrogens is 1. The van der Waals surface area contributed by atoms with Crippen molar-refractivity contribution >= 4 is 11.7 Å². The summed E-state index contributed by atoms with van der Waals surface area (Å²) in [6, 6.07) is 8.89. The third-order valence-electron chi connectivity index (χ3n) is 4.77. The molecule has 2 heterocycles. The third kappa shape index (κ3) is 4.99. The molecule has 0 radical (unpaired) electrons. The van der Waals surface area contributed by atoms with Crippen molar-refractivity contribution in [1.29, 1.82) is 5.26 Å². The highest BCUT2D eigenvalue weighted by Gasteiger charge is 2.23. The number of piperidine rings is 1. The lowest BCUT2D eigenvalue weighted by Gasteiger charge is -2.29. The number of rotatable bonds is 6. The fraction of sp³-hybridized carbons (Fsp3) is 0.350. The van der Waals surface area contributed by atoms with Gasteiger partial charge in [-0.1, -0.05) is 6.07 Å². The van der Waals surface area contributed by atoms with Gasteiger partial charge < -0.3 is 15.0 Å². The average molecular weight is 395 g/mol. The highest BCUT2D eigenvalue weighted by atomic mass is 16.6. The van der Waals surface area contributed by atoms with Gasteiger partial charge in [0.25, 0.3) is 5.69 Å². The molecule has 0 saturated carbocycles. The molecule has 1 aromatic carbocycles. The van der Waals surface area contributed by atoms with Gasteiger partial charge >= 0.3 is 6.03 Å². The Morgan fingerprint density at radius 1 is 1.28 bits per heavy atom. The summed E-state index contributed by atoms with van der Waals surface area (Å²) in [6.45, 7) is 1.43. The highest BCUT2D eigenvalue weighted by Crippen LogP contribution is 2.28. The van der Waals surface area contributed by atoms with Gasteiger partial charge in [-0.25, -0.2) is 4.79 Å². The van der Waals surface area contributed by atoms with Crippen LogP contribution in [0.3, 0.4) is 0 Å². The van der Waals surface area contributed by atoms with Crippen LogP contribution in [0.2, 0.25) is 0 Å². The van der Waals surface area contributed by atoms with Gasteiger partial charge in [0, 0.05) is 31.5 Å². The van der Waals surface area contributed by atoms with Crippen LogP contribution in [-0.4, -0.2) is 40.5 Å². The fourth-order valence-corrected chi connectivity index (χ4v) is 3.23. The second-order valence-electron chi connectivity index (χ2n) is 6.66. The van der Waals surface area contributed by atoms with E-state index in [0.717, 1.165) is 24.8 Å². The maximum Gasteiger partial charge on any atom is 0.317 e. The summed E-state index contributed by atoms with van der Waals surface area (Å²) in [7, 11) is 0. The van der Waals surface area contributed by atoms with Crippen LogP contribution in [0, 0.1) is 21.4 Å². The Bertz CT molecular complexity index is 907.